The number of aliphatic carboxylic acids is 1. The third kappa shape index (κ3) is 5.78. The number of amides is 3. The Morgan fingerprint density at radius 1 is 1.07 bits per heavy atom. The van der Waals surface area contributed by atoms with Gasteiger partial charge in [0.05, 0.1) is 13.2 Å². The normalized spacial score (nSPS) is 13.8. The summed E-state index contributed by atoms with van der Waals surface area (Å²) in [5.41, 5.74) is 6.69. The Bertz CT molecular complexity index is 927. The molecule has 0 fully saturated rings. The second-order valence-electron chi connectivity index (χ2n) is 6.70. The Labute approximate surface area is 172 Å². The van der Waals surface area contributed by atoms with Crippen molar-refractivity contribution >= 4 is 34.6 Å². The molecule has 11 heteroatoms. The Balaban J connectivity index is 2.04. The van der Waals surface area contributed by atoms with Crippen LogP contribution in [0.4, 0.5) is 0 Å². The fourth-order valence-corrected chi connectivity index (χ4v) is 2.85. The highest BCUT2D eigenvalue weighted by molar-refractivity contribution is 5.93. The van der Waals surface area contributed by atoms with Crippen LogP contribution < -0.4 is 21.7 Å². The number of aromatic nitrogens is 1. The number of nitrogens with two attached hydrogens (primary N) is 1. The molecule has 1 aromatic carbocycles. The fraction of sp³-hybridized carbons (Fsp3) is 0.368. The van der Waals surface area contributed by atoms with E-state index >= 15 is 0 Å². The monoisotopic (exact) mass is 419 g/mol. The van der Waals surface area contributed by atoms with Crippen LogP contribution in [0.1, 0.15) is 12.5 Å². The highest BCUT2D eigenvalue weighted by Crippen LogP contribution is 2.19. The van der Waals surface area contributed by atoms with Crippen molar-refractivity contribution in [2.75, 3.05) is 13.2 Å². The first-order valence-corrected chi connectivity index (χ1v) is 9.25. The fourth-order valence-electron chi connectivity index (χ4n) is 2.85. The minimum absolute atomic E-state index is 0.000141. The van der Waals surface area contributed by atoms with Crippen LogP contribution in [-0.2, 0) is 25.6 Å². The van der Waals surface area contributed by atoms with Crippen molar-refractivity contribution in [2.45, 2.75) is 31.5 Å². The summed E-state index contributed by atoms with van der Waals surface area (Å²) in [4.78, 5) is 50.5. The zero-order valence-corrected chi connectivity index (χ0v) is 16.3. The van der Waals surface area contributed by atoms with Crippen molar-refractivity contribution in [1.29, 1.82) is 0 Å². The van der Waals surface area contributed by atoms with Gasteiger partial charge in [0.15, 0.2) is 0 Å². The number of fused-ring (bicyclic) bond motifs is 1. The molecular weight excluding hydrogens is 394 g/mol. The third-order valence-corrected chi connectivity index (χ3v) is 4.49. The number of H-pyrrole nitrogens is 1. The molecule has 2 aromatic rings. The molecule has 0 aliphatic carbocycles. The van der Waals surface area contributed by atoms with E-state index < -0.39 is 48.4 Å². The van der Waals surface area contributed by atoms with Crippen molar-refractivity contribution < 1.29 is 29.4 Å². The van der Waals surface area contributed by atoms with Crippen LogP contribution in [0.2, 0.25) is 0 Å². The maximum Gasteiger partial charge on any atom is 0.326 e. The van der Waals surface area contributed by atoms with Gasteiger partial charge >= 0.3 is 5.97 Å². The van der Waals surface area contributed by atoms with Gasteiger partial charge in [-0.25, -0.2) is 4.79 Å². The van der Waals surface area contributed by atoms with Crippen LogP contribution in [-0.4, -0.2) is 70.2 Å². The van der Waals surface area contributed by atoms with Gasteiger partial charge in [0.2, 0.25) is 17.7 Å². The van der Waals surface area contributed by atoms with Gasteiger partial charge in [0.25, 0.3) is 0 Å². The van der Waals surface area contributed by atoms with Gasteiger partial charge in [0, 0.05) is 23.5 Å². The highest BCUT2D eigenvalue weighted by Gasteiger charge is 2.28. The smallest absolute Gasteiger partial charge is 0.326 e. The van der Waals surface area contributed by atoms with Gasteiger partial charge in [-0.2, -0.15) is 0 Å². The Morgan fingerprint density at radius 3 is 2.37 bits per heavy atom. The Morgan fingerprint density at radius 2 is 1.73 bits per heavy atom. The molecule has 1 aromatic heterocycles. The van der Waals surface area contributed by atoms with Crippen LogP contribution in [0.5, 0.6) is 0 Å². The number of carboxylic acids is 1. The predicted molar refractivity (Wildman–Crippen MR) is 107 cm³/mol. The zero-order chi connectivity index (χ0) is 22.3. The number of aromatic amines is 1. The van der Waals surface area contributed by atoms with Crippen molar-refractivity contribution in [1.82, 2.24) is 20.9 Å². The summed E-state index contributed by atoms with van der Waals surface area (Å²) in [5.74, 6) is -3.42. The molecule has 11 nitrogen and oxygen atoms in total. The lowest BCUT2D eigenvalue weighted by Crippen LogP contribution is -2.57. The van der Waals surface area contributed by atoms with Crippen molar-refractivity contribution in [2.24, 2.45) is 5.73 Å². The second-order valence-corrected chi connectivity index (χ2v) is 6.70. The second kappa shape index (κ2) is 10.4. The third-order valence-electron chi connectivity index (χ3n) is 4.49. The Hall–Kier alpha value is -3.44. The quantitative estimate of drug-likeness (QED) is 0.237. The summed E-state index contributed by atoms with van der Waals surface area (Å²) in [6.07, 6.45) is 1.67. The number of hydrogen-bond acceptors (Lipinski definition) is 6. The molecule has 2 rings (SSSR count). The number of carbonyl (C=O) groups is 4. The summed E-state index contributed by atoms with van der Waals surface area (Å²) >= 11 is 0. The number of rotatable bonds is 10. The number of nitrogens with one attached hydrogen (secondary N) is 4. The molecule has 3 unspecified atom stereocenters. The van der Waals surface area contributed by atoms with Crippen LogP contribution in [0, 0.1) is 0 Å². The molecule has 0 aliphatic heterocycles. The molecule has 162 valence electrons. The molecule has 0 aliphatic rings. The lowest BCUT2D eigenvalue weighted by atomic mass is 10.0. The molecule has 3 amide bonds. The summed E-state index contributed by atoms with van der Waals surface area (Å²) in [6, 6.07) is 3.66. The minimum atomic E-state index is -1.39. The van der Waals surface area contributed by atoms with Crippen LogP contribution in [0.25, 0.3) is 10.9 Å². The van der Waals surface area contributed by atoms with E-state index in [1.807, 2.05) is 24.3 Å². The standard InChI is InChI=1S/C19H25N5O6/c1-10(22-16(26)7-20)17(27)24-15(9-25)18(28)23-14(19(29)30)6-11-8-21-13-5-3-2-4-12(11)13/h2-5,8,10,14-15,21,25H,6-7,9,20H2,1H3,(H,22,26)(H,23,28)(H,24,27)(H,29,30). The average Bonchev–Trinajstić information content (AvgIpc) is 3.13. The van der Waals surface area contributed by atoms with Gasteiger partial charge in [-0.3, -0.25) is 14.4 Å². The van der Waals surface area contributed by atoms with Crippen LogP contribution in [0.15, 0.2) is 30.5 Å². The van der Waals surface area contributed by atoms with E-state index in [2.05, 4.69) is 20.9 Å². The van der Waals surface area contributed by atoms with Crippen molar-refractivity contribution in [3.8, 4) is 0 Å². The number of carbonyl (C=O) groups excluding carboxylic acids is 3. The molecule has 3 atom stereocenters. The number of benzene rings is 1. The molecule has 0 saturated carbocycles. The van der Waals surface area contributed by atoms with E-state index in [0.29, 0.717) is 5.56 Å². The molecule has 1 heterocycles. The predicted octanol–water partition coefficient (Wildman–Crippen LogP) is -1.78. The molecule has 0 bridgehead atoms. The number of aliphatic hydroxyl groups is 1. The first-order valence-electron chi connectivity index (χ1n) is 9.25. The first kappa shape index (κ1) is 22.8. The molecule has 0 saturated heterocycles. The summed E-state index contributed by atoms with van der Waals surface area (Å²) in [6.45, 7) is 0.316. The van der Waals surface area contributed by atoms with Crippen LogP contribution >= 0.6 is 0 Å². The molecule has 8 N–H and O–H groups in total. The Kier molecular flexibility index (Phi) is 7.90. The lowest BCUT2D eigenvalue weighted by molar-refractivity contribution is -0.142. The van der Waals surface area contributed by atoms with E-state index in [9.17, 15) is 29.4 Å². The highest BCUT2D eigenvalue weighted by atomic mass is 16.4. The van der Waals surface area contributed by atoms with Crippen molar-refractivity contribution in [3.05, 3.63) is 36.0 Å². The van der Waals surface area contributed by atoms with Gasteiger partial charge in [-0.15, -0.1) is 0 Å². The maximum absolute atomic E-state index is 12.5. The van der Waals surface area contributed by atoms with E-state index in [1.54, 1.807) is 6.20 Å². The SMILES string of the molecule is CC(NC(=O)CN)C(=O)NC(CO)C(=O)NC(Cc1c[nH]c2ccccc12)C(=O)O. The number of para-hydroxylation sites is 1. The average molecular weight is 419 g/mol. The van der Waals surface area contributed by atoms with E-state index in [4.69, 9.17) is 5.73 Å². The molecule has 0 spiro atoms. The van der Waals surface area contributed by atoms with Gasteiger partial charge in [-0.05, 0) is 18.6 Å². The summed E-state index contributed by atoms with van der Waals surface area (Å²) in [5, 5.41) is 26.7. The maximum atomic E-state index is 12.5. The molecular formula is C19H25N5O6. The van der Waals surface area contributed by atoms with Crippen LogP contribution in [0.3, 0.4) is 0 Å². The summed E-state index contributed by atoms with van der Waals surface area (Å²) in [7, 11) is 0. The number of hydrogen-bond donors (Lipinski definition) is 7. The van der Waals surface area contributed by atoms with Gasteiger partial charge in [0.1, 0.15) is 18.1 Å². The molecule has 30 heavy (non-hydrogen) atoms. The van der Waals surface area contributed by atoms with Crippen molar-refractivity contribution in [3.63, 3.8) is 0 Å². The number of carboxylic acid groups (broad SMARTS) is 1. The van der Waals surface area contributed by atoms with E-state index in [1.165, 1.54) is 6.92 Å². The van der Waals surface area contributed by atoms with Gasteiger partial charge < -0.3 is 36.9 Å². The van der Waals surface area contributed by atoms with Gasteiger partial charge in [-0.1, -0.05) is 18.2 Å². The minimum Gasteiger partial charge on any atom is -0.480 e. The topological polar surface area (TPSA) is 187 Å². The first-order chi connectivity index (χ1) is 14.3. The largest absolute Gasteiger partial charge is 0.480 e. The number of aliphatic hydroxyl groups excluding tert-OH is 1. The summed E-state index contributed by atoms with van der Waals surface area (Å²) < 4.78 is 0. The zero-order valence-electron chi connectivity index (χ0n) is 16.3. The van der Waals surface area contributed by atoms with E-state index in [-0.39, 0.29) is 13.0 Å². The lowest BCUT2D eigenvalue weighted by Gasteiger charge is -2.21. The molecule has 0 radical (unpaired) electrons. The van der Waals surface area contributed by atoms with E-state index in [0.717, 1.165) is 10.9 Å².